The minimum atomic E-state index is -0.857. The Morgan fingerprint density at radius 1 is 1.18 bits per heavy atom. The zero-order valence-corrected chi connectivity index (χ0v) is 9.29. The summed E-state index contributed by atoms with van der Waals surface area (Å²) < 4.78 is 4.93. The average molecular weight is 242 g/mol. The zero-order valence-electron chi connectivity index (χ0n) is 9.29. The predicted octanol–water partition coefficient (Wildman–Crippen LogP) is -1.03. The first-order chi connectivity index (χ1) is 8.13. The van der Waals surface area contributed by atoms with Crippen molar-refractivity contribution >= 4 is 17.8 Å². The molecule has 7 nitrogen and oxygen atoms in total. The summed E-state index contributed by atoms with van der Waals surface area (Å²) in [6.07, 6.45) is 1.37. The fourth-order valence-electron chi connectivity index (χ4n) is 1.36. The van der Waals surface area contributed by atoms with Gasteiger partial charge in [0.25, 0.3) is 0 Å². The molecule has 94 valence electrons. The topological polar surface area (TPSA) is 87.2 Å². The molecule has 1 N–H and O–H groups in total. The lowest BCUT2D eigenvalue weighted by molar-refractivity contribution is -0.143. The lowest BCUT2D eigenvalue weighted by atomic mass is 10.5. The van der Waals surface area contributed by atoms with Crippen molar-refractivity contribution in [3.8, 4) is 0 Å². The van der Waals surface area contributed by atoms with Crippen LogP contribution in [0.5, 0.6) is 0 Å². The normalized spacial score (nSPS) is 15.9. The highest BCUT2D eigenvalue weighted by Crippen LogP contribution is 2.11. The van der Waals surface area contributed by atoms with Crippen LogP contribution < -0.4 is 0 Å². The van der Waals surface area contributed by atoms with Gasteiger partial charge >= 0.3 is 17.8 Å². The van der Waals surface area contributed by atoms with Crippen LogP contribution in [0.15, 0.2) is 12.7 Å². The molecule has 0 aromatic rings. The minimum absolute atomic E-state index is 0.00293. The van der Waals surface area contributed by atoms with E-state index in [4.69, 9.17) is 9.84 Å². The number of imide groups is 2. The van der Waals surface area contributed by atoms with Crippen LogP contribution in [0.2, 0.25) is 0 Å². The van der Waals surface area contributed by atoms with E-state index in [0.29, 0.717) is 0 Å². The monoisotopic (exact) mass is 242 g/mol. The molecule has 1 aliphatic heterocycles. The van der Waals surface area contributed by atoms with Gasteiger partial charge in [-0.3, -0.25) is 19.4 Å². The minimum Gasteiger partial charge on any atom is -0.394 e. The van der Waals surface area contributed by atoms with E-state index >= 15 is 0 Å². The molecular formula is C10H14N2O5. The fraction of sp³-hybridized carbons (Fsp3) is 0.500. The van der Waals surface area contributed by atoms with E-state index in [-0.39, 0.29) is 32.9 Å². The number of hydrogen-bond acceptors (Lipinski definition) is 5. The summed E-state index contributed by atoms with van der Waals surface area (Å²) in [4.78, 5) is 36.1. The molecule has 0 bridgehead atoms. The van der Waals surface area contributed by atoms with E-state index in [0.717, 1.165) is 9.80 Å². The quantitative estimate of drug-likeness (QED) is 0.267. The van der Waals surface area contributed by atoms with Crippen molar-refractivity contribution < 1.29 is 24.2 Å². The Hall–Kier alpha value is -1.73. The van der Waals surface area contributed by atoms with Gasteiger partial charge in [-0.2, -0.15) is 0 Å². The highest BCUT2D eigenvalue weighted by molar-refractivity contribution is 6.44. The first-order valence-electron chi connectivity index (χ1n) is 5.10. The van der Waals surface area contributed by atoms with Crippen molar-refractivity contribution in [2.24, 2.45) is 0 Å². The van der Waals surface area contributed by atoms with Crippen LogP contribution in [0, 0.1) is 0 Å². The molecule has 0 aromatic heterocycles. The highest BCUT2D eigenvalue weighted by Gasteiger charge is 2.43. The van der Waals surface area contributed by atoms with Crippen molar-refractivity contribution in [2.75, 3.05) is 32.9 Å². The third-order valence-corrected chi connectivity index (χ3v) is 2.14. The molecule has 0 aromatic carbocycles. The Bertz CT molecular complexity index is 342. The molecule has 17 heavy (non-hydrogen) atoms. The summed E-state index contributed by atoms with van der Waals surface area (Å²) in [5.41, 5.74) is 0. The predicted molar refractivity (Wildman–Crippen MR) is 56.9 cm³/mol. The Labute approximate surface area is 98.2 Å². The van der Waals surface area contributed by atoms with Gasteiger partial charge in [-0.1, -0.05) is 6.08 Å². The van der Waals surface area contributed by atoms with Gasteiger partial charge in [-0.05, 0) is 0 Å². The molecule has 0 spiro atoms. The second kappa shape index (κ2) is 6.12. The number of nitrogens with zero attached hydrogens (tertiary/aromatic N) is 2. The molecule has 1 heterocycles. The molecule has 0 unspecified atom stereocenters. The van der Waals surface area contributed by atoms with Gasteiger partial charge < -0.3 is 9.84 Å². The molecule has 1 fully saturated rings. The van der Waals surface area contributed by atoms with Gasteiger partial charge in [-0.15, -0.1) is 6.58 Å². The molecule has 1 saturated heterocycles. The maximum atomic E-state index is 11.6. The number of carbonyl (C=O) groups is 3. The molecule has 0 atom stereocenters. The highest BCUT2D eigenvalue weighted by atomic mass is 16.5. The van der Waals surface area contributed by atoms with Crippen LogP contribution in [0.4, 0.5) is 4.79 Å². The van der Waals surface area contributed by atoms with Crippen molar-refractivity contribution in [3.63, 3.8) is 0 Å². The third-order valence-electron chi connectivity index (χ3n) is 2.14. The van der Waals surface area contributed by atoms with Gasteiger partial charge in [0.2, 0.25) is 0 Å². The maximum Gasteiger partial charge on any atom is 0.334 e. The summed E-state index contributed by atoms with van der Waals surface area (Å²) in [5.74, 6) is -1.71. The average Bonchev–Trinajstić information content (AvgIpc) is 2.51. The molecule has 0 aliphatic carbocycles. The first-order valence-corrected chi connectivity index (χ1v) is 5.10. The van der Waals surface area contributed by atoms with Crippen LogP contribution in [-0.4, -0.2) is 65.7 Å². The lowest BCUT2D eigenvalue weighted by Crippen LogP contribution is -2.35. The largest absolute Gasteiger partial charge is 0.394 e. The van der Waals surface area contributed by atoms with Gasteiger partial charge in [0.15, 0.2) is 0 Å². The first kappa shape index (κ1) is 13.3. The smallest absolute Gasteiger partial charge is 0.334 e. The number of hydrogen-bond donors (Lipinski definition) is 1. The number of aliphatic hydroxyl groups excluding tert-OH is 1. The Morgan fingerprint density at radius 3 is 2.41 bits per heavy atom. The molecule has 1 aliphatic rings. The van der Waals surface area contributed by atoms with Crippen molar-refractivity contribution in [1.82, 2.24) is 9.80 Å². The van der Waals surface area contributed by atoms with Crippen LogP contribution in [0.25, 0.3) is 0 Å². The summed E-state index contributed by atoms with van der Waals surface area (Å²) in [6.45, 7) is 3.49. The van der Waals surface area contributed by atoms with Gasteiger partial charge in [0, 0.05) is 6.54 Å². The summed E-state index contributed by atoms with van der Waals surface area (Å²) in [6, 6.07) is -0.660. The van der Waals surface area contributed by atoms with Crippen LogP contribution in [0.3, 0.4) is 0 Å². The number of rotatable bonds is 7. The van der Waals surface area contributed by atoms with Gasteiger partial charge in [-0.25, -0.2) is 4.79 Å². The van der Waals surface area contributed by atoms with E-state index in [1.807, 2.05) is 0 Å². The van der Waals surface area contributed by atoms with E-state index in [9.17, 15) is 14.4 Å². The zero-order chi connectivity index (χ0) is 12.8. The SMILES string of the molecule is C=CCN1C(=O)C(=O)N(CCOCCO)C1=O. The van der Waals surface area contributed by atoms with Crippen molar-refractivity contribution in [3.05, 3.63) is 12.7 Å². The second-order valence-electron chi connectivity index (χ2n) is 3.28. The number of aliphatic hydroxyl groups is 1. The molecule has 0 radical (unpaired) electrons. The van der Waals surface area contributed by atoms with Gasteiger partial charge in [0.05, 0.1) is 26.4 Å². The standard InChI is InChI=1S/C10H14N2O5/c1-2-3-11-8(14)9(15)12(10(11)16)4-6-17-7-5-13/h2,13H,1,3-7H2. The number of carbonyl (C=O) groups excluding carboxylic acids is 3. The molecule has 7 heteroatoms. The number of urea groups is 1. The van der Waals surface area contributed by atoms with E-state index in [1.54, 1.807) is 0 Å². The third kappa shape index (κ3) is 2.89. The summed E-state index contributed by atoms with van der Waals surface area (Å²) >= 11 is 0. The van der Waals surface area contributed by atoms with Crippen molar-refractivity contribution in [2.45, 2.75) is 0 Å². The maximum absolute atomic E-state index is 11.6. The lowest BCUT2D eigenvalue weighted by Gasteiger charge is -2.13. The molecule has 1 rings (SSSR count). The van der Waals surface area contributed by atoms with Crippen LogP contribution in [0.1, 0.15) is 0 Å². The second-order valence-corrected chi connectivity index (χ2v) is 3.28. The summed E-state index contributed by atoms with van der Waals surface area (Å²) in [5, 5.41) is 8.47. The Balaban J connectivity index is 2.55. The fourth-order valence-corrected chi connectivity index (χ4v) is 1.36. The van der Waals surface area contributed by atoms with Crippen LogP contribution >= 0.6 is 0 Å². The Morgan fingerprint density at radius 2 is 1.82 bits per heavy atom. The van der Waals surface area contributed by atoms with Crippen LogP contribution in [-0.2, 0) is 14.3 Å². The van der Waals surface area contributed by atoms with Crippen molar-refractivity contribution in [1.29, 1.82) is 0 Å². The number of ether oxygens (including phenoxy) is 1. The van der Waals surface area contributed by atoms with E-state index in [2.05, 4.69) is 6.58 Å². The molecule has 4 amide bonds. The van der Waals surface area contributed by atoms with E-state index in [1.165, 1.54) is 6.08 Å². The van der Waals surface area contributed by atoms with E-state index < -0.39 is 17.8 Å². The van der Waals surface area contributed by atoms with Gasteiger partial charge in [0.1, 0.15) is 0 Å². The molecular weight excluding hydrogens is 228 g/mol. The number of amides is 4. The Kier molecular flexibility index (Phi) is 4.80. The molecule has 0 saturated carbocycles. The summed E-state index contributed by atoms with van der Waals surface area (Å²) in [7, 11) is 0.